The summed E-state index contributed by atoms with van der Waals surface area (Å²) in [5.41, 5.74) is 8.22. The van der Waals surface area contributed by atoms with Gasteiger partial charge in [0.15, 0.2) is 28.8 Å². The van der Waals surface area contributed by atoms with Gasteiger partial charge in [0.2, 0.25) is 0 Å². The number of ether oxygens (including phenoxy) is 3. The van der Waals surface area contributed by atoms with Gasteiger partial charge in [-0.15, -0.1) is 0 Å². The molecule has 0 spiro atoms. The van der Waals surface area contributed by atoms with E-state index in [2.05, 4.69) is 82.5 Å². The lowest BCUT2D eigenvalue weighted by Crippen LogP contribution is -2.44. The van der Waals surface area contributed by atoms with Crippen LogP contribution in [0, 0.1) is 11.6 Å². The van der Waals surface area contributed by atoms with Crippen LogP contribution in [0.25, 0.3) is 0 Å². The number of carbonyl (C=O) groups is 2. The molecular weight excluding hydrogens is 803 g/mol. The van der Waals surface area contributed by atoms with Gasteiger partial charge >= 0.3 is 11.9 Å². The lowest BCUT2D eigenvalue weighted by Gasteiger charge is -2.41. The number of esters is 2. The summed E-state index contributed by atoms with van der Waals surface area (Å²) in [5.74, 6) is -0.817. The molecule has 0 radical (unpaired) electrons. The van der Waals surface area contributed by atoms with Gasteiger partial charge in [0, 0.05) is 23.6 Å². The molecule has 340 valence electrons. The van der Waals surface area contributed by atoms with E-state index in [9.17, 15) is 23.5 Å². The fourth-order valence-electron chi connectivity index (χ4n) is 6.97. The normalized spacial score (nSPS) is 22.6. The summed E-state index contributed by atoms with van der Waals surface area (Å²) in [5, 5.41) is 13.1. The van der Waals surface area contributed by atoms with E-state index in [0.717, 1.165) is 62.5 Å². The van der Waals surface area contributed by atoms with Crippen LogP contribution in [0.4, 0.5) is 20.2 Å². The highest BCUT2D eigenvalue weighted by atomic mass is 28.4. The summed E-state index contributed by atoms with van der Waals surface area (Å²) in [6, 6.07) is 10.1. The molecule has 60 heavy (non-hydrogen) atoms. The summed E-state index contributed by atoms with van der Waals surface area (Å²) in [7, 11) is -3.48. The van der Waals surface area contributed by atoms with Crippen LogP contribution in [-0.4, -0.2) is 84.5 Å². The lowest BCUT2D eigenvalue weighted by molar-refractivity contribution is -0.152. The Bertz CT molecular complexity index is 1660. The Hall–Kier alpha value is -2.89. The fraction of sp³-hybridized carbons (Fsp3) is 0.696. The molecule has 4 N–H and O–H groups in total. The van der Waals surface area contributed by atoms with E-state index < -0.39 is 28.7 Å². The van der Waals surface area contributed by atoms with E-state index in [1.807, 2.05) is 12.1 Å². The van der Waals surface area contributed by atoms with Crippen molar-refractivity contribution in [3.63, 3.8) is 0 Å². The maximum atomic E-state index is 14.7. The molecule has 0 bridgehead atoms. The molecule has 0 aromatic heterocycles. The number of aliphatic hydroxyl groups excluding tert-OH is 1. The quantitative estimate of drug-likeness (QED) is 0.0770. The molecule has 0 amide bonds. The van der Waals surface area contributed by atoms with Gasteiger partial charge in [-0.1, -0.05) is 53.7 Å². The number of halogens is 2. The van der Waals surface area contributed by atoms with Gasteiger partial charge in [-0.2, -0.15) is 0 Å². The van der Waals surface area contributed by atoms with Crippen molar-refractivity contribution >= 4 is 39.9 Å². The van der Waals surface area contributed by atoms with Crippen molar-refractivity contribution in [2.45, 2.75) is 179 Å². The first kappa shape index (κ1) is 51.5. The monoisotopic (exact) mass is 879 g/mol. The zero-order valence-corrected chi connectivity index (χ0v) is 40.6. The Morgan fingerprint density at radius 2 is 1.20 bits per heavy atom. The average molecular weight is 879 g/mol. The Balaban J connectivity index is 0.000000278. The van der Waals surface area contributed by atoms with Gasteiger partial charge in [-0.3, -0.25) is 0 Å². The second kappa shape index (κ2) is 22.5. The number of epoxide rings is 1. The number of nitrogens with one attached hydrogen (secondary N) is 1. The SMILES string of the molecule is CC(C)(C)[Si](C)(C)OC1CCC(c2ccc(N)cc2F)CC1.CCOC(=O)[C@H](O)CNc1ccc(C2CCC(O[Si](C)(C)C(C)(C)C)CC2)c(F)c1.CCOC(=O)[C@H]1CO1. The van der Waals surface area contributed by atoms with Gasteiger partial charge in [0.1, 0.15) is 11.6 Å². The van der Waals surface area contributed by atoms with Crippen molar-refractivity contribution in [3.8, 4) is 0 Å². The molecule has 3 fully saturated rings. The molecule has 0 unspecified atom stereocenters. The Morgan fingerprint density at radius 3 is 1.58 bits per heavy atom. The Kier molecular flexibility index (Phi) is 19.3. The van der Waals surface area contributed by atoms with E-state index >= 15 is 0 Å². The maximum Gasteiger partial charge on any atom is 0.337 e. The summed E-state index contributed by atoms with van der Waals surface area (Å²) < 4.78 is 55.9. The van der Waals surface area contributed by atoms with Gasteiger partial charge in [-0.25, -0.2) is 18.4 Å². The van der Waals surface area contributed by atoms with E-state index in [4.69, 9.17) is 19.3 Å². The van der Waals surface area contributed by atoms with Gasteiger partial charge in [0.05, 0.1) is 26.4 Å². The van der Waals surface area contributed by atoms with Gasteiger partial charge in [0.25, 0.3) is 0 Å². The third-order valence-electron chi connectivity index (χ3n) is 12.7. The number of anilines is 2. The molecule has 2 atom stereocenters. The molecule has 1 aliphatic heterocycles. The molecule has 1 saturated heterocycles. The van der Waals surface area contributed by atoms with Crippen molar-refractivity contribution < 1.29 is 46.5 Å². The number of benzene rings is 2. The van der Waals surface area contributed by atoms with Gasteiger partial charge < -0.3 is 39.2 Å². The van der Waals surface area contributed by atoms with E-state index in [1.165, 1.54) is 12.1 Å². The number of nitrogens with two attached hydrogens (primary N) is 1. The van der Waals surface area contributed by atoms with Crippen LogP contribution in [0.5, 0.6) is 0 Å². The minimum absolute atomic E-state index is 0.0203. The molecule has 1 heterocycles. The van der Waals surface area contributed by atoms with Crippen LogP contribution in [0.1, 0.15) is 130 Å². The van der Waals surface area contributed by atoms with Crippen molar-refractivity contribution in [3.05, 3.63) is 59.2 Å². The number of aliphatic hydroxyl groups is 1. The smallest absolute Gasteiger partial charge is 0.337 e. The first-order valence-corrected chi connectivity index (χ1v) is 27.8. The van der Waals surface area contributed by atoms with Gasteiger partial charge in [-0.05, 0) is 149 Å². The zero-order valence-electron chi connectivity index (χ0n) is 38.6. The van der Waals surface area contributed by atoms with Crippen LogP contribution in [0.3, 0.4) is 0 Å². The topological polar surface area (TPSA) is 142 Å². The molecule has 3 aliphatic rings. The minimum atomic E-state index is -1.78. The third-order valence-corrected chi connectivity index (χ3v) is 21.8. The summed E-state index contributed by atoms with van der Waals surface area (Å²) >= 11 is 0. The number of nitrogen functional groups attached to an aromatic ring is 1. The Labute approximate surface area is 361 Å². The predicted molar refractivity (Wildman–Crippen MR) is 241 cm³/mol. The molecule has 14 heteroatoms. The van der Waals surface area contributed by atoms with E-state index in [0.29, 0.717) is 36.6 Å². The molecule has 2 aliphatic carbocycles. The maximum absolute atomic E-state index is 14.7. The second-order valence-electron chi connectivity index (χ2n) is 19.4. The van der Waals surface area contributed by atoms with Crippen LogP contribution in [-0.2, 0) is 32.7 Å². The van der Waals surface area contributed by atoms with Crippen LogP contribution < -0.4 is 11.1 Å². The van der Waals surface area contributed by atoms with Crippen LogP contribution in [0.2, 0.25) is 36.3 Å². The lowest BCUT2D eigenvalue weighted by atomic mass is 9.82. The first-order chi connectivity index (χ1) is 27.9. The highest BCUT2D eigenvalue weighted by Crippen LogP contribution is 2.43. The predicted octanol–water partition coefficient (Wildman–Crippen LogP) is 10.6. The molecule has 2 saturated carbocycles. The molecule has 2 aromatic rings. The molecular formula is C46H76F2N2O8Si2. The third kappa shape index (κ3) is 15.8. The minimum Gasteiger partial charge on any atom is -0.464 e. The number of rotatable bonds is 13. The van der Waals surface area contributed by atoms with Crippen molar-refractivity contribution in [1.82, 2.24) is 0 Å². The first-order valence-electron chi connectivity index (χ1n) is 22.0. The van der Waals surface area contributed by atoms with Crippen LogP contribution in [0.15, 0.2) is 36.4 Å². The van der Waals surface area contributed by atoms with E-state index in [-0.39, 0.29) is 59.0 Å². The Morgan fingerprint density at radius 1 is 0.767 bits per heavy atom. The summed E-state index contributed by atoms with van der Waals surface area (Å²) in [6.45, 7) is 27.4. The van der Waals surface area contributed by atoms with E-state index in [1.54, 1.807) is 26.0 Å². The molecule has 5 rings (SSSR count). The highest BCUT2D eigenvalue weighted by Gasteiger charge is 2.41. The second-order valence-corrected chi connectivity index (χ2v) is 29.0. The standard InChI is InChI=1S/C23H38FNO4Si.C18H30FNOSi.C5H8O3/c1-7-28-22(27)21(26)15-25-17-10-13-19(20(24)14-17)16-8-11-18(12-9-16)29-30(5,6)23(2,3)4;1-18(2,3)22(4,5)21-15-9-6-13(7-10-15)16-11-8-14(20)12-17(16)19;1-2-7-5(6)4-3-8-4/h10,13-14,16,18,21,25-26H,7-9,11-12,15H2,1-6H3;8,11-13,15H,6-7,9-10,20H2,1-5H3;4H,2-3H2,1H3/t16?,18?,21-;;4-/m1.1/s1. The number of carbonyl (C=O) groups excluding carboxylic acids is 2. The zero-order chi connectivity index (χ0) is 45.1. The van der Waals surface area contributed by atoms with Crippen molar-refractivity contribution in [2.24, 2.45) is 0 Å². The average Bonchev–Trinajstić information content (AvgIpc) is 4.01. The molecule has 10 nitrogen and oxygen atoms in total. The summed E-state index contributed by atoms with van der Waals surface area (Å²) in [6.07, 6.45) is 6.92. The number of hydrogen-bond donors (Lipinski definition) is 3. The van der Waals surface area contributed by atoms with Crippen LogP contribution >= 0.6 is 0 Å². The molecule has 2 aromatic carbocycles. The highest BCUT2D eigenvalue weighted by molar-refractivity contribution is 6.74. The fourth-order valence-corrected chi connectivity index (χ4v) is 9.81. The summed E-state index contributed by atoms with van der Waals surface area (Å²) in [4.78, 5) is 21.9. The number of hydrogen-bond acceptors (Lipinski definition) is 10. The van der Waals surface area contributed by atoms with Crippen molar-refractivity contribution in [2.75, 3.05) is 37.4 Å². The largest absolute Gasteiger partial charge is 0.464 e. The van der Waals surface area contributed by atoms with Crippen molar-refractivity contribution in [1.29, 1.82) is 0 Å².